The average molecular weight is 412 g/mol. The molecule has 0 radical (unpaired) electrons. The molecular formula is C21H22ClN5S. The van der Waals surface area contributed by atoms with Crippen molar-refractivity contribution in [1.82, 2.24) is 24.7 Å². The van der Waals surface area contributed by atoms with Crippen LogP contribution in [0.1, 0.15) is 38.0 Å². The Kier molecular flexibility index (Phi) is 5.17. The molecule has 0 saturated heterocycles. The van der Waals surface area contributed by atoms with Gasteiger partial charge in [0.1, 0.15) is 11.6 Å². The minimum Gasteiger partial charge on any atom is -0.323 e. The predicted molar refractivity (Wildman–Crippen MR) is 115 cm³/mol. The molecule has 2 aromatic carbocycles. The van der Waals surface area contributed by atoms with Gasteiger partial charge in [0.2, 0.25) is 5.16 Å². The summed E-state index contributed by atoms with van der Waals surface area (Å²) in [6.45, 7) is 7.11. The molecule has 0 spiro atoms. The second kappa shape index (κ2) is 7.60. The molecule has 0 bridgehead atoms. The lowest BCUT2D eigenvalue weighted by atomic mass is 9.96. The molecule has 4 aromatic rings. The molecule has 0 aliphatic heterocycles. The summed E-state index contributed by atoms with van der Waals surface area (Å²) in [5.74, 6) is 2.55. The van der Waals surface area contributed by atoms with E-state index in [1.54, 1.807) is 11.8 Å². The van der Waals surface area contributed by atoms with Gasteiger partial charge in [-0.15, -0.1) is 5.10 Å². The first-order valence-corrected chi connectivity index (χ1v) is 10.5. The third-order valence-corrected chi connectivity index (χ3v) is 5.56. The molecule has 0 fully saturated rings. The summed E-state index contributed by atoms with van der Waals surface area (Å²) in [6, 6.07) is 16.3. The van der Waals surface area contributed by atoms with Gasteiger partial charge in [-0.05, 0) is 23.8 Å². The molecule has 1 N–H and O–H groups in total. The number of H-pyrrole nitrogens is 1. The summed E-state index contributed by atoms with van der Waals surface area (Å²) < 4.78 is 2.24. The normalized spacial score (nSPS) is 12.0. The summed E-state index contributed by atoms with van der Waals surface area (Å²) in [7, 11) is 0. The lowest BCUT2D eigenvalue weighted by Crippen LogP contribution is -2.13. The minimum absolute atomic E-state index is 0.0526. The Bertz CT molecular complexity index is 1100. The predicted octanol–water partition coefficient (Wildman–Crippen LogP) is 5.45. The number of nitrogens with one attached hydrogen (secondary N) is 1. The summed E-state index contributed by atoms with van der Waals surface area (Å²) in [6.07, 6.45) is 0. The zero-order chi connectivity index (χ0) is 19.7. The summed E-state index contributed by atoms with van der Waals surface area (Å²) in [4.78, 5) is 9.45. The standard InChI is InChI=1S/C21H22ClN5S/c1-21(2,3)19-24-20(26-25-19)28-13-18-23-16-11-15(22)9-10-17(16)27(18)12-14-7-5-4-6-8-14/h4-11H,12-13H2,1-3H3,(H,24,25,26). The molecule has 4 rings (SSSR count). The Morgan fingerprint density at radius 1 is 1.07 bits per heavy atom. The molecular weight excluding hydrogens is 390 g/mol. The fourth-order valence-electron chi connectivity index (χ4n) is 2.98. The van der Waals surface area contributed by atoms with Gasteiger partial charge in [-0.2, -0.15) is 0 Å². The van der Waals surface area contributed by atoms with Crippen LogP contribution in [0, 0.1) is 0 Å². The van der Waals surface area contributed by atoms with Gasteiger partial charge in [-0.1, -0.05) is 74.5 Å². The van der Waals surface area contributed by atoms with Crippen molar-refractivity contribution in [2.24, 2.45) is 0 Å². The Morgan fingerprint density at radius 3 is 2.57 bits per heavy atom. The molecule has 0 unspecified atom stereocenters. The maximum Gasteiger partial charge on any atom is 0.208 e. The number of benzene rings is 2. The van der Waals surface area contributed by atoms with E-state index in [-0.39, 0.29) is 5.41 Å². The number of thioether (sulfide) groups is 1. The molecule has 5 nitrogen and oxygen atoms in total. The van der Waals surface area contributed by atoms with Crippen LogP contribution in [0.2, 0.25) is 5.02 Å². The van der Waals surface area contributed by atoms with E-state index in [1.165, 1.54) is 5.56 Å². The number of rotatable bonds is 5. The first kappa shape index (κ1) is 19.0. The van der Waals surface area contributed by atoms with Gasteiger partial charge in [0.25, 0.3) is 0 Å². The van der Waals surface area contributed by atoms with Gasteiger partial charge in [0.05, 0.1) is 16.8 Å². The van der Waals surface area contributed by atoms with Crippen LogP contribution in [-0.4, -0.2) is 24.7 Å². The maximum atomic E-state index is 6.18. The lowest BCUT2D eigenvalue weighted by molar-refractivity contribution is 0.547. The van der Waals surface area contributed by atoms with E-state index in [0.29, 0.717) is 10.8 Å². The zero-order valence-electron chi connectivity index (χ0n) is 16.1. The maximum absolute atomic E-state index is 6.18. The Balaban J connectivity index is 1.64. The molecule has 2 heterocycles. The van der Waals surface area contributed by atoms with Gasteiger partial charge < -0.3 is 4.57 Å². The molecule has 0 atom stereocenters. The summed E-state index contributed by atoms with van der Waals surface area (Å²) >= 11 is 7.77. The van der Waals surface area contributed by atoms with Crippen LogP contribution in [0.15, 0.2) is 53.7 Å². The number of nitrogens with zero attached hydrogens (tertiary/aromatic N) is 4. The number of hydrogen-bond acceptors (Lipinski definition) is 4. The molecule has 7 heteroatoms. The van der Waals surface area contributed by atoms with Gasteiger partial charge >= 0.3 is 0 Å². The van der Waals surface area contributed by atoms with E-state index < -0.39 is 0 Å². The fourth-order valence-corrected chi connectivity index (χ4v) is 3.89. The van der Waals surface area contributed by atoms with E-state index in [9.17, 15) is 0 Å². The summed E-state index contributed by atoms with van der Waals surface area (Å²) in [5, 5.41) is 8.82. The van der Waals surface area contributed by atoms with Crippen molar-refractivity contribution >= 4 is 34.4 Å². The average Bonchev–Trinajstić information content (AvgIpc) is 3.26. The molecule has 0 saturated carbocycles. The van der Waals surface area contributed by atoms with Crippen LogP contribution < -0.4 is 0 Å². The molecule has 28 heavy (non-hydrogen) atoms. The van der Waals surface area contributed by atoms with Crippen LogP contribution in [-0.2, 0) is 17.7 Å². The van der Waals surface area contributed by atoms with Crippen molar-refractivity contribution in [3.63, 3.8) is 0 Å². The van der Waals surface area contributed by atoms with Crippen LogP contribution in [0.25, 0.3) is 11.0 Å². The van der Waals surface area contributed by atoms with E-state index in [4.69, 9.17) is 16.6 Å². The molecule has 0 aliphatic rings. The second-order valence-electron chi connectivity index (χ2n) is 7.74. The topological polar surface area (TPSA) is 59.4 Å². The number of fused-ring (bicyclic) bond motifs is 1. The first-order valence-electron chi connectivity index (χ1n) is 9.14. The largest absolute Gasteiger partial charge is 0.323 e. The van der Waals surface area contributed by atoms with E-state index in [1.807, 2.05) is 24.3 Å². The highest BCUT2D eigenvalue weighted by Crippen LogP contribution is 2.27. The number of imidazole rings is 1. The second-order valence-corrected chi connectivity index (χ2v) is 9.12. The monoisotopic (exact) mass is 411 g/mol. The Labute approximate surface area is 173 Å². The Morgan fingerprint density at radius 2 is 1.86 bits per heavy atom. The van der Waals surface area contributed by atoms with Gasteiger partial charge in [0.15, 0.2) is 0 Å². The third-order valence-electron chi connectivity index (χ3n) is 4.48. The highest BCUT2D eigenvalue weighted by atomic mass is 35.5. The van der Waals surface area contributed by atoms with E-state index in [2.05, 4.69) is 64.8 Å². The van der Waals surface area contributed by atoms with Crippen LogP contribution >= 0.6 is 23.4 Å². The zero-order valence-corrected chi connectivity index (χ0v) is 17.7. The Hall–Kier alpha value is -2.31. The lowest BCUT2D eigenvalue weighted by Gasteiger charge is -2.12. The highest BCUT2D eigenvalue weighted by Gasteiger charge is 2.19. The minimum atomic E-state index is -0.0526. The molecule has 2 aromatic heterocycles. The van der Waals surface area contributed by atoms with Crippen molar-refractivity contribution in [3.05, 3.63) is 70.8 Å². The van der Waals surface area contributed by atoms with Crippen molar-refractivity contribution in [2.45, 2.75) is 43.6 Å². The quantitative estimate of drug-likeness (QED) is 0.444. The number of aromatic amines is 1. The van der Waals surface area contributed by atoms with Crippen LogP contribution in [0.3, 0.4) is 0 Å². The number of hydrogen-bond donors (Lipinski definition) is 1. The SMILES string of the molecule is CC(C)(C)c1nc(SCc2nc3cc(Cl)ccc3n2Cc2ccccc2)n[nH]1. The van der Waals surface area contributed by atoms with Gasteiger partial charge in [-0.3, -0.25) is 5.10 Å². The molecule has 0 aliphatic carbocycles. The van der Waals surface area contributed by atoms with Gasteiger partial charge in [0, 0.05) is 17.0 Å². The van der Waals surface area contributed by atoms with Crippen molar-refractivity contribution in [2.75, 3.05) is 0 Å². The van der Waals surface area contributed by atoms with E-state index >= 15 is 0 Å². The highest BCUT2D eigenvalue weighted by molar-refractivity contribution is 7.98. The first-order chi connectivity index (χ1) is 13.4. The molecule has 0 amide bonds. The summed E-state index contributed by atoms with van der Waals surface area (Å²) in [5.41, 5.74) is 3.16. The molecule has 144 valence electrons. The van der Waals surface area contributed by atoms with Crippen LogP contribution in [0.4, 0.5) is 0 Å². The fraction of sp³-hybridized carbons (Fsp3) is 0.286. The van der Waals surface area contributed by atoms with Crippen molar-refractivity contribution < 1.29 is 0 Å². The van der Waals surface area contributed by atoms with Crippen LogP contribution in [0.5, 0.6) is 0 Å². The van der Waals surface area contributed by atoms with E-state index in [0.717, 1.165) is 34.4 Å². The number of halogens is 1. The smallest absolute Gasteiger partial charge is 0.208 e. The third kappa shape index (κ3) is 4.08. The van der Waals surface area contributed by atoms with Crippen molar-refractivity contribution in [3.8, 4) is 0 Å². The van der Waals surface area contributed by atoms with Gasteiger partial charge in [-0.25, -0.2) is 9.97 Å². The number of aromatic nitrogens is 5. The van der Waals surface area contributed by atoms with Crippen molar-refractivity contribution in [1.29, 1.82) is 0 Å².